The topological polar surface area (TPSA) is 63.2 Å². The van der Waals surface area contributed by atoms with Crippen molar-refractivity contribution in [2.24, 2.45) is 16.0 Å². The van der Waals surface area contributed by atoms with Crippen LogP contribution in [0.3, 0.4) is 0 Å². The minimum atomic E-state index is 0.0839. The van der Waals surface area contributed by atoms with Gasteiger partial charge in [0.2, 0.25) is 0 Å². The minimum absolute atomic E-state index is 0.0839. The number of ether oxygens (including phenoxy) is 1. The first-order valence-electron chi connectivity index (χ1n) is 9.28. The molecule has 0 fully saturated rings. The second-order valence-electron chi connectivity index (χ2n) is 6.76. The van der Waals surface area contributed by atoms with Gasteiger partial charge >= 0.3 is 0 Å². The first-order valence-corrected chi connectivity index (χ1v) is 9.65. The number of hydrazone groups is 2. The van der Waals surface area contributed by atoms with Gasteiger partial charge in [0.1, 0.15) is 5.75 Å². The van der Waals surface area contributed by atoms with Gasteiger partial charge in [0.15, 0.2) is 0 Å². The lowest BCUT2D eigenvalue weighted by molar-refractivity contribution is 0.414. The molecular formula is C23H21ClN4O. The Hall–Kier alpha value is -3.31. The van der Waals surface area contributed by atoms with Crippen molar-refractivity contribution in [1.82, 2.24) is 0 Å². The third-order valence-corrected chi connectivity index (χ3v) is 5.22. The van der Waals surface area contributed by atoms with Crippen LogP contribution in [0, 0.1) is 0 Å². The van der Waals surface area contributed by atoms with E-state index in [9.17, 15) is 0 Å². The second kappa shape index (κ2) is 8.37. The Morgan fingerprint density at radius 2 is 1.72 bits per heavy atom. The normalized spacial score (nSPS) is 16.3. The molecule has 0 spiro atoms. The maximum Gasteiger partial charge on any atom is 0.118 e. The van der Waals surface area contributed by atoms with Crippen molar-refractivity contribution in [3.05, 3.63) is 94.5 Å². The van der Waals surface area contributed by atoms with E-state index in [1.165, 1.54) is 5.56 Å². The summed E-state index contributed by atoms with van der Waals surface area (Å²) >= 11 is 6.05. The zero-order valence-electron chi connectivity index (χ0n) is 16.0. The summed E-state index contributed by atoms with van der Waals surface area (Å²) in [5.74, 6) is 6.09. The Kier molecular flexibility index (Phi) is 5.49. The number of anilines is 1. The van der Waals surface area contributed by atoms with Gasteiger partial charge in [0.05, 0.1) is 30.8 Å². The third-order valence-electron chi connectivity index (χ3n) is 4.97. The molecule has 1 heterocycles. The van der Waals surface area contributed by atoms with E-state index in [-0.39, 0.29) is 6.04 Å². The number of halogens is 1. The molecule has 0 saturated carbocycles. The van der Waals surface area contributed by atoms with Gasteiger partial charge in [-0.3, -0.25) is 5.01 Å². The fraction of sp³-hybridized carbons (Fsp3) is 0.130. The molecule has 0 radical (unpaired) electrons. The Balaban J connectivity index is 1.71. The van der Waals surface area contributed by atoms with Crippen LogP contribution in [0.1, 0.15) is 29.2 Å². The van der Waals surface area contributed by atoms with Crippen LogP contribution in [0.2, 0.25) is 5.02 Å². The molecular weight excluding hydrogens is 384 g/mol. The Morgan fingerprint density at radius 3 is 2.34 bits per heavy atom. The molecule has 3 aromatic carbocycles. The predicted molar refractivity (Wildman–Crippen MR) is 119 cm³/mol. The van der Waals surface area contributed by atoms with E-state index < -0.39 is 0 Å². The molecule has 4 rings (SSSR count). The van der Waals surface area contributed by atoms with Crippen LogP contribution in [-0.2, 0) is 0 Å². The van der Waals surface area contributed by atoms with Gasteiger partial charge in [-0.15, -0.1) is 0 Å². The van der Waals surface area contributed by atoms with E-state index in [0.29, 0.717) is 5.02 Å². The largest absolute Gasteiger partial charge is 0.497 e. The van der Waals surface area contributed by atoms with Crippen LogP contribution < -0.4 is 15.6 Å². The summed E-state index contributed by atoms with van der Waals surface area (Å²) in [6.07, 6.45) is 2.41. The molecule has 0 aliphatic carbocycles. The summed E-state index contributed by atoms with van der Waals surface area (Å²) in [6.45, 7) is 0. The predicted octanol–water partition coefficient (Wildman–Crippen LogP) is 5.00. The van der Waals surface area contributed by atoms with Crippen molar-refractivity contribution in [3.63, 3.8) is 0 Å². The van der Waals surface area contributed by atoms with E-state index >= 15 is 0 Å². The van der Waals surface area contributed by atoms with Gasteiger partial charge in [-0.1, -0.05) is 48.0 Å². The van der Waals surface area contributed by atoms with Gasteiger partial charge < -0.3 is 10.6 Å². The Morgan fingerprint density at radius 1 is 1.03 bits per heavy atom. The first-order chi connectivity index (χ1) is 14.2. The minimum Gasteiger partial charge on any atom is -0.497 e. The van der Waals surface area contributed by atoms with Crippen LogP contribution in [0.25, 0.3) is 0 Å². The van der Waals surface area contributed by atoms with Crippen LogP contribution >= 0.6 is 11.6 Å². The fourth-order valence-corrected chi connectivity index (χ4v) is 3.58. The van der Waals surface area contributed by atoms with Crippen molar-refractivity contribution < 1.29 is 4.74 Å². The fourth-order valence-electron chi connectivity index (χ4n) is 3.45. The lowest BCUT2D eigenvalue weighted by Crippen LogP contribution is -2.18. The quantitative estimate of drug-likeness (QED) is 0.370. The van der Waals surface area contributed by atoms with E-state index in [2.05, 4.69) is 22.2 Å². The maximum absolute atomic E-state index is 6.05. The number of nitrogens with two attached hydrogens (primary N) is 1. The third kappa shape index (κ3) is 4.10. The SMILES string of the molecule is COc1ccc(C2CC(c3ccc(Cl)cc3)=NN2c2ccc(/C=N/N)cc2)cc1. The van der Waals surface area contributed by atoms with E-state index in [0.717, 1.165) is 34.7 Å². The average Bonchev–Trinajstić information content (AvgIpc) is 3.20. The van der Waals surface area contributed by atoms with Crippen LogP contribution in [0.4, 0.5) is 5.69 Å². The number of benzene rings is 3. The molecule has 6 heteroatoms. The smallest absolute Gasteiger partial charge is 0.118 e. The first kappa shape index (κ1) is 19.0. The molecule has 29 heavy (non-hydrogen) atoms. The van der Waals surface area contributed by atoms with Crippen molar-refractivity contribution in [1.29, 1.82) is 0 Å². The molecule has 1 unspecified atom stereocenters. The maximum atomic E-state index is 6.05. The number of hydrogen-bond acceptors (Lipinski definition) is 5. The van der Waals surface area contributed by atoms with Gasteiger partial charge in [0.25, 0.3) is 0 Å². The summed E-state index contributed by atoms with van der Waals surface area (Å²) in [4.78, 5) is 0. The zero-order chi connectivity index (χ0) is 20.2. The molecule has 0 aromatic heterocycles. The number of methoxy groups -OCH3 is 1. The van der Waals surface area contributed by atoms with Crippen molar-refractivity contribution in [3.8, 4) is 5.75 Å². The standard InChI is InChI=1S/C23H21ClN4O/c1-29-21-12-6-18(7-13-21)23-14-22(17-4-8-19(24)9-5-17)27-28(23)20-10-2-16(3-11-20)15-26-25/h2-13,15,23H,14,25H2,1H3/b26-15+. The lowest BCUT2D eigenvalue weighted by atomic mass is 9.98. The van der Waals surface area contributed by atoms with Gasteiger partial charge in [0, 0.05) is 11.4 Å². The Labute approximate surface area is 175 Å². The van der Waals surface area contributed by atoms with Crippen LogP contribution in [0.15, 0.2) is 83.0 Å². The molecule has 0 amide bonds. The number of hydrogen-bond donors (Lipinski definition) is 1. The monoisotopic (exact) mass is 404 g/mol. The van der Waals surface area contributed by atoms with E-state index in [4.69, 9.17) is 27.3 Å². The highest BCUT2D eigenvalue weighted by molar-refractivity contribution is 6.30. The highest BCUT2D eigenvalue weighted by Crippen LogP contribution is 2.37. The molecule has 1 aliphatic rings. The molecule has 1 aliphatic heterocycles. The van der Waals surface area contributed by atoms with Crippen molar-refractivity contribution in [2.45, 2.75) is 12.5 Å². The van der Waals surface area contributed by atoms with Gasteiger partial charge in [-0.2, -0.15) is 10.2 Å². The molecule has 1 atom stereocenters. The average molecular weight is 405 g/mol. The summed E-state index contributed by atoms with van der Waals surface area (Å²) in [6, 6.07) is 24.1. The van der Waals surface area contributed by atoms with Gasteiger partial charge in [-0.05, 0) is 53.1 Å². The number of rotatable bonds is 5. The summed E-state index contributed by atoms with van der Waals surface area (Å²) in [5.41, 5.74) is 5.21. The zero-order valence-corrected chi connectivity index (χ0v) is 16.8. The van der Waals surface area contributed by atoms with Crippen LogP contribution in [0.5, 0.6) is 5.75 Å². The summed E-state index contributed by atoms with van der Waals surface area (Å²) < 4.78 is 5.30. The lowest BCUT2D eigenvalue weighted by Gasteiger charge is -2.24. The molecule has 0 bridgehead atoms. The second-order valence-corrected chi connectivity index (χ2v) is 7.20. The molecule has 5 nitrogen and oxygen atoms in total. The summed E-state index contributed by atoms with van der Waals surface area (Å²) in [7, 11) is 1.67. The van der Waals surface area contributed by atoms with Crippen molar-refractivity contribution in [2.75, 3.05) is 12.1 Å². The van der Waals surface area contributed by atoms with Crippen molar-refractivity contribution >= 4 is 29.2 Å². The molecule has 3 aromatic rings. The molecule has 2 N–H and O–H groups in total. The molecule has 146 valence electrons. The van der Waals surface area contributed by atoms with E-state index in [1.54, 1.807) is 13.3 Å². The van der Waals surface area contributed by atoms with Crippen LogP contribution in [-0.4, -0.2) is 19.0 Å². The summed E-state index contributed by atoms with van der Waals surface area (Å²) in [5, 5.41) is 11.3. The van der Waals surface area contributed by atoms with E-state index in [1.807, 2.05) is 60.7 Å². The van der Waals surface area contributed by atoms with Gasteiger partial charge in [-0.25, -0.2) is 0 Å². The molecule has 0 saturated heterocycles. The Bertz CT molecular complexity index is 1030. The number of nitrogens with zero attached hydrogens (tertiary/aromatic N) is 3. The highest BCUT2D eigenvalue weighted by Gasteiger charge is 2.30. The highest BCUT2D eigenvalue weighted by atomic mass is 35.5.